The minimum atomic E-state index is -0.478. The molecule has 0 aliphatic heterocycles. The van der Waals surface area contributed by atoms with E-state index in [0.29, 0.717) is 6.54 Å². The van der Waals surface area contributed by atoms with E-state index in [9.17, 15) is 5.11 Å². The van der Waals surface area contributed by atoms with Gasteiger partial charge in [-0.05, 0) is 40.0 Å². The van der Waals surface area contributed by atoms with Gasteiger partial charge in [0.1, 0.15) is 5.82 Å². The van der Waals surface area contributed by atoms with E-state index >= 15 is 0 Å². The van der Waals surface area contributed by atoms with Crippen molar-refractivity contribution in [2.24, 2.45) is 0 Å². The molecule has 4 heteroatoms. The lowest BCUT2D eigenvalue weighted by Gasteiger charge is -2.37. The van der Waals surface area contributed by atoms with Crippen LogP contribution < -0.4 is 5.32 Å². The summed E-state index contributed by atoms with van der Waals surface area (Å²) in [6.07, 6.45) is 4.84. The number of hydrogen-bond acceptors (Lipinski definition) is 4. The molecule has 0 saturated heterocycles. The molecule has 2 N–H and O–H groups in total. The molecule has 2 rings (SSSR count). The first kappa shape index (κ1) is 12.5. The second kappa shape index (κ2) is 4.70. The fourth-order valence-electron chi connectivity index (χ4n) is 2.23. The number of aryl methyl sites for hydroxylation is 2. The van der Waals surface area contributed by atoms with Crippen molar-refractivity contribution < 1.29 is 5.11 Å². The van der Waals surface area contributed by atoms with Gasteiger partial charge < -0.3 is 10.4 Å². The maximum Gasteiger partial charge on any atom is 0.125 e. The highest BCUT2D eigenvalue weighted by Gasteiger charge is 2.34. The van der Waals surface area contributed by atoms with Crippen molar-refractivity contribution in [3.8, 4) is 0 Å². The quantitative estimate of drug-likeness (QED) is 0.833. The first-order valence-electron chi connectivity index (χ1n) is 6.26. The molecule has 94 valence electrons. The van der Waals surface area contributed by atoms with E-state index in [-0.39, 0.29) is 6.04 Å². The Labute approximate surface area is 102 Å². The van der Waals surface area contributed by atoms with Crippen molar-refractivity contribution in [3.63, 3.8) is 0 Å². The van der Waals surface area contributed by atoms with Gasteiger partial charge in [0.2, 0.25) is 0 Å². The van der Waals surface area contributed by atoms with E-state index in [2.05, 4.69) is 22.2 Å². The van der Waals surface area contributed by atoms with Crippen molar-refractivity contribution in [2.45, 2.75) is 51.7 Å². The zero-order valence-electron chi connectivity index (χ0n) is 10.8. The second-order valence-corrected chi connectivity index (χ2v) is 5.14. The van der Waals surface area contributed by atoms with Crippen molar-refractivity contribution in [1.82, 2.24) is 15.3 Å². The van der Waals surface area contributed by atoms with Crippen molar-refractivity contribution in [2.75, 3.05) is 6.54 Å². The lowest BCUT2D eigenvalue weighted by atomic mass is 9.80. The molecule has 1 aliphatic rings. The third kappa shape index (κ3) is 2.82. The van der Waals surface area contributed by atoms with Crippen molar-refractivity contribution >= 4 is 0 Å². The monoisotopic (exact) mass is 235 g/mol. The highest BCUT2D eigenvalue weighted by atomic mass is 16.3. The lowest BCUT2D eigenvalue weighted by Crippen LogP contribution is -2.46. The van der Waals surface area contributed by atoms with E-state index in [1.54, 1.807) is 0 Å². The van der Waals surface area contributed by atoms with E-state index in [1.165, 1.54) is 0 Å². The van der Waals surface area contributed by atoms with Gasteiger partial charge >= 0.3 is 0 Å². The molecule has 1 aromatic heterocycles. The maximum atomic E-state index is 10.0. The van der Waals surface area contributed by atoms with E-state index in [0.717, 1.165) is 36.3 Å². The molecule has 1 unspecified atom stereocenters. The van der Waals surface area contributed by atoms with Gasteiger partial charge in [-0.1, -0.05) is 0 Å². The molecular weight excluding hydrogens is 214 g/mol. The van der Waals surface area contributed by atoms with Crippen LogP contribution in [-0.2, 0) is 0 Å². The lowest BCUT2D eigenvalue weighted by molar-refractivity contribution is -0.0329. The summed E-state index contributed by atoms with van der Waals surface area (Å²) in [6, 6.07) is 0.181. The largest absolute Gasteiger partial charge is 0.389 e. The zero-order valence-corrected chi connectivity index (χ0v) is 10.8. The van der Waals surface area contributed by atoms with Gasteiger partial charge in [0, 0.05) is 30.0 Å². The third-order valence-electron chi connectivity index (χ3n) is 3.63. The molecule has 1 heterocycles. The van der Waals surface area contributed by atoms with Crippen molar-refractivity contribution in [3.05, 3.63) is 23.3 Å². The molecule has 4 nitrogen and oxygen atoms in total. The molecule has 1 aromatic rings. The minimum absolute atomic E-state index is 0.181. The Morgan fingerprint density at radius 3 is 2.71 bits per heavy atom. The first-order valence-corrected chi connectivity index (χ1v) is 6.26. The molecule has 0 spiro atoms. The molecular formula is C13H21N3O. The molecule has 0 bridgehead atoms. The normalized spacial score (nSPS) is 19.8. The van der Waals surface area contributed by atoms with Crippen LogP contribution in [0.4, 0.5) is 0 Å². The fraction of sp³-hybridized carbons (Fsp3) is 0.692. The Balaban J connectivity index is 1.96. The van der Waals surface area contributed by atoms with Gasteiger partial charge in [-0.2, -0.15) is 0 Å². The number of nitrogens with one attached hydrogen (secondary N) is 1. The zero-order chi connectivity index (χ0) is 12.5. The summed E-state index contributed by atoms with van der Waals surface area (Å²) in [7, 11) is 0. The van der Waals surface area contributed by atoms with Crippen molar-refractivity contribution in [1.29, 1.82) is 0 Å². The van der Waals surface area contributed by atoms with E-state index in [4.69, 9.17) is 0 Å². The van der Waals surface area contributed by atoms with Gasteiger partial charge in [0.25, 0.3) is 0 Å². The van der Waals surface area contributed by atoms with Crippen LogP contribution in [0.15, 0.2) is 6.20 Å². The number of hydrogen-bond donors (Lipinski definition) is 2. The Morgan fingerprint density at radius 2 is 2.18 bits per heavy atom. The smallest absolute Gasteiger partial charge is 0.125 e. The Bertz CT molecular complexity index is 402. The highest BCUT2D eigenvalue weighted by Crippen LogP contribution is 2.31. The maximum absolute atomic E-state index is 10.0. The summed E-state index contributed by atoms with van der Waals surface area (Å²) in [5, 5.41) is 13.4. The van der Waals surface area contributed by atoms with Gasteiger partial charge in [-0.25, -0.2) is 9.97 Å². The number of rotatable bonds is 4. The Morgan fingerprint density at radius 1 is 1.47 bits per heavy atom. The molecule has 0 amide bonds. The summed E-state index contributed by atoms with van der Waals surface area (Å²) in [5.74, 6) is 0.802. The molecule has 0 radical (unpaired) electrons. The van der Waals surface area contributed by atoms with Gasteiger partial charge in [0.05, 0.1) is 5.60 Å². The molecule has 1 aliphatic carbocycles. The third-order valence-corrected chi connectivity index (χ3v) is 3.63. The SMILES string of the molecule is Cc1ncc(C(C)NCC2(O)CCC2)c(C)n1. The minimum Gasteiger partial charge on any atom is -0.389 e. The van der Waals surface area contributed by atoms with Gasteiger partial charge in [0.15, 0.2) is 0 Å². The average Bonchev–Trinajstić information content (AvgIpc) is 2.23. The van der Waals surface area contributed by atoms with Crippen LogP contribution in [0, 0.1) is 13.8 Å². The standard InChI is InChI=1S/C13H21N3O/c1-9(15-8-13(17)5-4-6-13)12-7-14-11(3)16-10(12)2/h7,9,15,17H,4-6,8H2,1-3H3. The predicted octanol–water partition coefficient (Wildman–Crippen LogP) is 1.66. The molecule has 17 heavy (non-hydrogen) atoms. The topological polar surface area (TPSA) is 58.0 Å². The average molecular weight is 235 g/mol. The van der Waals surface area contributed by atoms with Crippen LogP contribution in [0.5, 0.6) is 0 Å². The Hall–Kier alpha value is -1.00. The molecule has 1 atom stereocenters. The molecule has 0 aromatic carbocycles. The van der Waals surface area contributed by atoms with Gasteiger partial charge in [-0.15, -0.1) is 0 Å². The van der Waals surface area contributed by atoms with Crippen LogP contribution in [0.1, 0.15) is 49.3 Å². The van der Waals surface area contributed by atoms with Crippen LogP contribution in [0.2, 0.25) is 0 Å². The van der Waals surface area contributed by atoms with Crippen LogP contribution in [-0.4, -0.2) is 27.2 Å². The van der Waals surface area contributed by atoms with Crippen LogP contribution in [0.25, 0.3) is 0 Å². The summed E-state index contributed by atoms with van der Waals surface area (Å²) in [6.45, 7) is 6.64. The number of aliphatic hydroxyl groups is 1. The summed E-state index contributed by atoms with van der Waals surface area (Å²) >= 11 is 0. The summed E-state index contributed by atoms with van der Waals surface area (Å²) in [4.78, 5) is 8.59. The summed E-state index contributed by atoms with van der Waals surface area (Å²) in [5.41, 5.74) is 1.64. The first-order chi connectivity index (χ1) is 8.00. The fourth-order valence-corrected chi connectivity index (χ4v) is 2.23. The van der Waals surface area contributed by atoms with Crippen LogP contribution in [0.3, 0.4) is 0 Å². The molecule has 1 saturated carbocycles. The second-order valence-electron chi connectivity index (χ2n) is 5.14. The Kier molecular flexibility index (Phi) is 3.45. The molecule has 1 fully saturated rings. The predicted molar refractivity (Wildman–Crippen MR) is 66.7 cm³/mol. The van der Waals surface area contributed by atoms with E-state index in [1.807, 2.05) is 20.0 Å². The highest BCUT2D eigenvalue weighted by molar-refractivity contribution is 5.19. The number of aromatic nitrogens is 2. The van der Waals surface area contributed by atoms with Crippen LogP contribution >= 0.6 is 0 Å². The van der Waals surface area contributed by atoms with E-state index < -0.39 is 5.60 Å². The number of nitrogens with zero attached hydrogens (tertiary/aromatic N) is 2. The van der Waals surface area contributed by atoms with Gasteiger partial charge in [-0.3, -0.25) is 0 Å². The summed E-state index contributed by atoms with van der Waals surface area (Å²) < 4.78 is 0.